The highest BCUT2D eigenvalue weighted by molar-refractivity contribution is 5.87. The number of hydrogen-bond acceptors (Lipinski definition) is 4. The summed E-state index contributed by atoms with van der Waals surface area (Å²) in [6.07, 6.45) is 10.6. The largest absolute Gasteiger partial charge is 0.310 e. The Morgan fingerprint density at radius 1 is 0.480 bits per heavy atom. The van der Waals surface area contributed by atoms with E-state index in [0.717, 1.165) is 22.4 Å². The van der Waals surface area contributed by atoms with E-state index in [1.165, 1.54) is 85.0 Å². The minimum Gasteiger partial charge on any atom is -0.310 e. The molecule has 0 atom stereocenters. The van der Waals surface area contributed by atoms with E-state index in [0.29, 0.717) is 29.3 Å². The van der Waals surface area contributed by atoms with Crippen molar-refractivity contribution in [1.82, 2.24) is 15.0 Å². The second-order valence-corrected chi connectivity index (χ2v) is 15.1. The van der Waals surface area contributed by atoms with Crippen LogP contribution in [-0.4, -0.2) is 15.0 Å². The molecule has 0 spiro atoms. The van der Waals surface area contributed by atoms with Crippen LogP contribution in [0.25, 0.3) is 34.2 Å². The van der Waals surface area contributed by atoms with E-state index in [-0.39, 0.29) is 5.41 Å². The van der Waals surface area contributed by atoms with Crippen molar-refractivity contribution in [2.45, 2.75) is 82.5 Å². The Kier molecular flexibility index (Phi) is 7.83. The van der Waals surface area contributed by atoms with Crippen molar-refractivity contribution in [2.24, 2.45) is 0 Å². The van der Waals surface area contributed by atoms with Gasteiger partial charge >= 0.3 is 0 Å². The third kappa shape index (κ3) is 5.51. The first-order valence-corrected chi connectivity index (χ1v) is 18.6. The van der Waals surface area contributed by atoms with Crippen LogP contribution in [0.15, 0.2) is 121 Å². The van der Waals surface area contributed by atoms with Gasteiger partial charge in [-0.05, 0) is 96.2 Å². The predicted molar refractivity (Wildman–Crippen MR) is 205 cm³/mol. The first-order valence-electron chi connectivity index (χ1n) is 18.6. The number of benzene rings is 5. The molecule has 0 amide bonds. The third-order valence-electron chi connectivity index (χ3n) is 11.6. The fourth-order valence-corrected chi connectivity index (χ4v) is 8.77. The number of rotatable bonds is 6. The zero-order valence-electron chi connectivity index (χ0n) is 29.1. The maximum atomic E-state index is 4.99. The molecule has 2 heterocycles. The van der Waals surface area contributed by atoms with Gasteiger partial charge in [-0.1, -0.05) is 124 Å². The van der Waals surface area contributed by atoms with Crippen LogP contribution in [0.4, 0.5) is 17.1 Å². The van der Waals surface area contributed by atoms with Gasteiger partial charge in [0.15, 0.2) is 17.5 Å². The lowest BCUT2D eigenvalue weighted by atomic mass is 9.71. The molecule has 0 N–H and O–H groups in total. The highest BCUT2D eigenvalue weighted by atomic mass is 15.2. The standard InChI is InChI=1S/C46H44N4/c1-46(2)39-29-36(31-13-9-10-14-31)23-27-41(39)50(42-28-24-37(30-40(42)46)32-15-11-12-16-32)38-25-21-35(22-26-38)45-48-43(33-17-5-3-6-18-33)47-44(49-45)34-19-7-4-8-20-34/h3-8,17-32H,9-16H2,1-2H3. The molecule has 0 bridgehead atoms. The maximum Gasteiger partial charge on any atom is 0.164 e. The molecule has 2 aliphatic carbocycles. The Balaban J connectivity index is 1.15. The van der Waals surface area contributed by atoms with Gasteiger partial charge < -0.3 is 4.90 Å². The van der Waals surface area contributed by atoms with Gasteiger partial charge in [-0.15, -0.1) is 0 Å². The summed E-state index contributed by atoms with van der Waals surface area (Å²) in [5.41, 5.74) is 12.4. The van der Waals surface area contributed by atoms with E-state index in [1.807, 2.05) is 36.4 Å². The third-order valence-corrected chi connectivity index (χ3v) is 11.6. The van der Waals surface area contributed by atoms with Gasteiger partial charge in [-0.2, -0.15) is 0 Å². The predicted octanol–water partition coefficient (Wildman–Crippen LogP) is 12.3. The van der Waals surface area contributed by atoms with Crippen molar-refractivity contribution in [3.05, 3.63) is 144 Å². The molecule has 3 aliphatic rings. The summed E-state index contributed by atoms with van der Waals surface area (Å²) < 4.78 is 0. The number of fused-ring (bicyclic) bond motifs is 2. The lowest BCUT2D eigenvalue weighted by Crippen LogP contribution is -2.31. The smallest absolute Gasteiger partial charge is 0.164 e. The van der Waals surface area contributed by atoms with Crippen LogP contribution < -0.4 is 4.90 Å². The molecule has 248 valence electrons. The van der Waals surface area contributed by atoms with E-state index in [4.69, 9.17) is 15.0 Å². The van der Waals surface area contributed by atoms with Crippen LogP contribution in [0.1, 0.15) is 99.3 Å². The lowest BCUT2D eigenvalue weighted by molar-refractivity contribution is 0.622. The number of hydrogen-bond donors (Lipinski definition) is 0. The normalized spacial score (nSPS) is 17.1. The summed E-state index contributed by atoms with van der Waals surface area (Å²) >= 11 is 0. The van der Waals surface area contributed by atoms with Crippen LogP contribution in [0.3, 0.4) is 0 Å². The molecule has 5 aromatic carbocycles. The van der Waals surface area contributed by atoms with E-state index >= 15 is 0 Å². The Bertz CT molecular complexity index is 2010. The van der Waals surface area contributed by atoms with Crippen molar-refractivity contribution in [1.29, 1.82) is 0 Å². The van der Waals surface area contributed by atoms with Gasteiger partial charge in [0.05, 0.1) is 11.4 Å². The molecule has 4 heteroatoms. The fraction of sp³-hybridized carbons (Fsp3) is 0.283. The van der Waals surface area contributed by atoms with Crippen molar-refractivity contribution < 1.29 is 0 Å². The van der Waals surface area contributed by atoms with E-state index in [2.05, 4.69) is 104 Å². The summed E-state index contributed by atoms with van der Waals surface area (Å²) in [6.45, 7) is 4.88. The molecular formula is C46H44N4. The highest BCUT2D eigenvalue weighted by Crippen LogP contribution is 2.54. The summed E-state index contributed by atoms with van der Waals surface area (Å²) in [5, 5.41) is 0. The Morgan fingerprint density at radius 2 is 0.880 bits per heavy atom. The lowest BCUT2D eigenvalue weighted by Gasteiger charge is -2.43. The SMILES string of the molecule is CC1(C)c2cc(C3CCCC3)ccc2N(c2ccc(-c3nc(-c4ccccc4)nc(-c4ccccc4)n3)cc2)c2ccc(C3CCCC3)cc21. The minimum absolute atomic E-state index is 0.100. The van der Waals surface area contributed by atoms with Gasteiger partial charge in [0.25, 0.3) is 0 Å². The Hall–Kier alpha value is -5.09. The number of anilines is 3. The van der Waals surface area contributed by atoms with Crippen LogP contribution in [0.5, 0.6) is 0 Å². The highest BCUT2D eigenvalue weighted by Gasteiger charge is 2.38. The molecule has 1 aliphatic heterocycles. The summed E-state index contributed by atoms with van der Waals surface area (Å²) in [5.74, 6) is 3.38. The summed E-state index contributed by atoms with van der Waals surface area (Å²) in [4.78, 5) is 17.4. The topological polar surface area (TPSA) is 41.9 Å². The number of nitrogens with zero attached hydrogens (tertiary/aromatic N) is 4. The first-order chi connectivity index (χ1) is 24.5. The molecule has 0 saturated heterocycles. The second kappa shape index (κ2) is 12.7. The minimum atomic E-state index is -0.100. The van der Waals surface area contributed by atoms with Crippen LogP contribution in [-0.2, 0) is 5.41 Å². The second-order valence-electron chi connectivity index (χ2n) is 15.1. The van der Waals surface area contributed by atoms with Crippen molar-refractivity contribution >= 4 is 17.1 Å². The van der Waals surface area contributed by atoms with Crippen LogP contribution in [0, 0.1) is 0 Å². The van der Waals surface area contributed by atoms with Gasteiger partial charge in [-0.25, -0.2) is 15.0 Å². The Labute approximate surface area is 296 Å². The molecule has 50 heavy (non-hydrogen) atoms. The zero-order valence-corrected chi connectivity index (χ0v) is 29.1. The van der Waals surface area contributed by atoms with Gasteiger partial charge in [0.2, 0.25) is 0 Å². The Morgan fingerprint density at radius 3 is 1.30 bits per heavy atom. The van der Waals surface area contributed by atoms with Crippen molar-refractivity contribution in [3.8, 4) is 34.2 Å². The molecule has 1 aromatic heterocycles. The maximum absolute atomic E-state index is 4.99. The fourth-order valence-electron chi connectivity index (χ4n) is 8.77. The van der Waals surface area contributed by atoms with Crippen molar-refractivity contribution in [2.75, 3.05) is 4.90 Å². The number of aromatic nitrogens is 3. The van der Waals surface area contributed by atoms with Crippen LogP contribution in [0.2, 0.25) is 0 Å². The quantitative estimate of drug-likeness (QED) is 0.180. The summed E-state index contributed by atoms with van der Waals surface area (Å²) in [6, 6.07) is 43.9. The van der Waals surface area contributed by atoms with E-state index < -0.39 is 0 Å². The molecule has 9 rings (SSSR count). The molecule has 0 unspecified atom stereocenters. The molecule has 2 saturated carbocycles. The molecule has 4 nitrogen and oxygen atoms in total. The first kappa shape index (κ1) is 30.9. The van der Waals surface area contributed by atoms with E-state index in [9.17, 15) is 0 Å². The average Bonchev–Trinajstić information content (AvgIpc) is 3.92. The van der Waals surface area contributed by atoms with Crippen molar-refractivity contribution in [3.63, 3.8) is 0 Å². The average molecular weight is 653 g/mol. The van der Waals surface area contributed by atoms with Crippen LogP contribution >= 0.6 is 0 Å². The van der Waals surface area contributed by atoms with E-state index in [1.54, 1.807) is 0 Å². The van der Waals surface area contributed by atoms with Gasteiger partial charge in [0.1, 0.15) is 0 Å². The van der Waals surface area contributed by atoms with Gasteiger partial charge in [-0.3, -0.25) is 0 Å². The monoisotopic (exact) mass is 652 g/mol. The molecular weight excluding hydrogens is 609 g/mol. The van der Waals surface area contributed by atoms with Gasteiger partial charge in [0, 0.05) is 27.8 Å². The molecule has 0 radical (unpaired) electrons. The molecule has 2 fully saturated rings. The summed E-state index contributed by atoms with van der Waals surface area (Å²) in [7, 11) is 0. The zero-order chi connectivity index (χ0) is 33.7. The molecule has 6 aromatic rings.